The number of hydrogen-bond acceptors (Lipinski definition) is 5. The molecule has 3 aromatic rings. The molecule has 0 spiro atoms. The predicted molar refractivity (Wildman–Crippen MR) is 78.0 cm³/mol. The zero-order valence-corrected chi connectivity index (χ0v) is 11.7. The zero-order valence-electron chi connectivity index (χ0n) is 11.7. The number of aryl methyl sites for hydroxylation is 2. The summed E-state index contributed by atoms with van der Waals surface area (Å²) in [4.78, 5) is 15.6. The molecule has 0 N–H and O–H groups in total. The molecule has 1 aliphatic rings. The number of rotatable bonds is 1. The fourth-order valence-electron chi connectivity index (χ4n) is 2.83. The van der Waals surface area contributed by atoms with Crippen LogP contribution in [0.5, 0.6) is 0 Å². The van der Waals surface area contributed by atoms with Gasteiger partial charge in [-0.05, 0) is 38.3 Å². The van der Waals surface area contributed by atoms with Gasteiger partial charge in [-0.1, -0.05) is 0 Å². The van der Waals surface area contributed by atoms with Gasteiger partial charge >= 0.3 is 0 Å². The summed E-state index contributed by atoms with van der Waals surface area (Å²) in [6.45, 7) is 6.13. The summed E-state index contributed by atoms with van der Waals surface area (Å²) in [6, 6.07) is 2.10. The van der Waals surface area contributed by atoms with Crippen LogP contribution in [0.15, 0.2) is 16.8 Å². The molecule has 1 aliphatic heterocycles. The van der Waals surface area contributed by atoms with E-state index in [9.17, 15) is 0 Å². The Bertz CT molecular complexity index is 802. The molecule has 0 unspecified atom stereocenters. The Morgan fingerprint density at radius 1 is 1.15 bits per heavy atom. The van der Waals surface area contributed by atoms with E-state index in [4.69, 9.17) is 4.42 Å². The number of aromatic nitrogens is 3. The van der Waals surface area contributed by atoms with Gasteiger partial charge in [0.15, 0.2) is 11.4 Å². The van der Waals surface area contributed by atoms with Crippen LogP contribution in [0.4, 0.5) is 5.82 Å². The van der Waals surface area contributed by atoms with Crippen molar-refractivity contribution in [3.8, 4) is 0 Å². The molecule has 0 atom stereocenters. The Kier molecular flexibility index (Phi) is 2.42. The first-order valence-electron chi connectivity index (χ1n) is 7.00. The molecule has 4 heterocycles. The Labute approximate surface area is 116 Å². The molecule has 4 rings (SSSR count). The number of hydrogen-bond donors (Lipinski definition) is 0. The van der Waals surface area contributed by atoms with Gasteiger partial charge in [-0.15, -0.1) is 0 Å². The monoisotopic (exact) mass is 268 g/mol. The van der Waals surface area contributed by atoms with E-state index in [2.05, 4.69) is 32.8 Å². The van der Waals surface area contributed by atoms with Crippen LogP contribution >= 0.6 is 0 Å². The van der Waals surface area contributed by atoms with Crippen LogP contribution in [0.1, 0.15) is 24.1 Å². The van der Waals surface area contributed by atoms with Crippen molar-refractivity contribution in [1.82, 2.24) is 15.0 Å². The molecule has 0 radical (unpaired) electrons. The summed E-state index contributed by atoms with van der Waals surface area (Å²) in [6.07, 6.45) is 4.05. The van der Waals surface area contributed by atoms with E-state index in [0.29, 0.717) is 5.71 Å². The summed E-state index contributed by atoms with van der Waals surface area (Å²) < 4.78 is 5.95. The fourth-order valence-corrected chi connectivity index (χ4v) is 2.83. The van der Waals surface area contributed by atoms with Crippen LogP contribution in [-0.2, 0) is 0 Å². The van der Waals surface area contributed by atoms with E-state index in [0.717, 1.165) is 46.7 Å². The minimum absolute atomic E-state index is 0.657. The lowest BCUT2D eigenvalue weighted by Crippen LogP contribution is -2.19. The van der Waals surface area contributed by atoms with Gasteiger partial charge in [-0.3, -0.25) is 0 Å². The molecule has 0 aromatic carbocycles. The maximum absolute atomic E-state index is 5.95. The quantitative estimate of drug-likeness (QED) is 0.679. The van der Waals surface area contributed by atoms with E-state index < -0.39 is 0 Å². The molecule has 1 fully saturated rings. The Morgan fingerprint density at radius 2 is 1.95 bits per heavy atom. The van der Waals surface area contributed by atoms with Crippen LogP contribution in [0, 0.1) is 13.8 Å². The van der Waals surface area contributed by atoms with Crippen molar-refractivity contribution in [2.45, 2.75) is 26.7 Å². The van der Waals surface area contributed by atoms with E-state index in [1.807, 2.05) is 6.92 Å². The van der Waals surface area contributed by atoms with Crippen molar-refractivity contribution in [2.24, 2.45) is 0 Å². The van der Waals surface area contributed by atoms with Crippen molar-refractivity contribution >= 4 is 28.0 Å². The molecule has 0 aliphatic carbocycles. The smallest absolute Gasteiger partial charge is 0.229 e. The van der Waals surface area contributed by atoms with Gasteiger partial charge in [0, 0.05) is 18.8 Å². The van der Waals surface area contributed by atoms with Crippen molar-refractivity contribution in [1.29, 1.82) is 0 Å². The fraction of sp³-hybridized carbons (Fsp3) is 0.400. The summed E-state index contributed by atoms with van der Waals surface area (Å²) >= 11 is 0. The lowest BCUT2D eigenvalue weighted by molar-refractivity contribution is 0.647. The third kappa shape index (κ3) is 1.59. The first-order valence-corrected chi connectivity index (χ1v) is 7.00. The SMILES string of the molecule is Cc1cc2c(nc1C)oc1c(N3CCCC3)ncnc12. The lowest BCUT2D eigenvalue weighted by atomic mass is 10.2. The highest BCUT2D eigenvalue weighted by atomic mass is 16.3. The van der Waals surface area contributed by atoms with E-state index in [1.54, 1.807) is 6.33 Å². The molecule has 0 saturated carbocycles. The van der Waals surface area contributed by atoms with Crippen molar-refractivity contribution in [3.63, 3.8) is 0 Å². The molecule has 3 aromatic heterocycles. The van der Waals surface area contributed by atoms with Gasteiger partial charge < -0.3 is 9.32 Å². The molecular weight excluding hydrogens is 252 g/mol. The van der Waals surface area contributed by atoms with Gasteiger partial charge in [0.2, 0.25) is 5.71 Å². The van der Waals surface area contributed by atoms with Crippen LogP contribution in [0.3, 0.4) is 0 Å². The molecule has 20 heavy (non-hydrogen) atoms. The molecule has 5 heteroatoms. The maximum Gasteiger partial charge on any atom is 0.229 e. The number of fused-ring (bicyclic) bond motifs is 3. The van der Waals surface area contributed by atoms with Crippen molar-refractivity contribution in [3.05, 3.63) is 23.7 Å². The minimum atomic E-state index is 0.657. The Morgan fingerprint density at radius 3 is 2.75 bits per heavy atom. The first-order chi connectivity index (χ1) is 9.74. The number of anilines is 1. The third-order valence-corrected chi connectivity index (χ3v) is 4.08. The molecule has 0 bridgehead atoms. The maximum atomic E-state index is 5.95. The second kappa shape index (κ2) is 4.16. The predicted octanol–water partition coefficient (Wildman–Crippen LogP) is 2.99. The Hall–Kier alpha value is -2.17. The highest BCUT2D eigenvalue weighted by Gasteiger charge is 2.21. The standard InChI is InChI=1S/C15H16N4O/c1-9-7-11-12-13(20-15(11)18-10(9)2)14(17-8-16-12)19-5-3-4-6-19/h7-8H,3-6H2,1-2H3. The number of pyridine rings is 1. The number of nitrogens with zero attached hydrogens (tertiary/aromatic N) is 4. The molecule has 5 nitrogen and oxygen atoms in total. The largest absolute Gasteiger partial charge is 0.432 e. The molecule has 1 saturated heterocycles. The normalized spacial score (nSPS) is 15.6. The minimum Gasteiger partial charge on any atom is -0.432 e. The average Bonchev–Trinajstić information content (AvgIpc) is 3.07. The van der Waals surface area contributed by atoms with Crippen LogP contribution in [0.2, 0.25) is 0 Å². The zero-order chi connectivity index (χ0) is 13.7. The van der Waals surface area contributed by atoms with Crippen LogP contribution in [-0.4, -0.2) is 28.0 Å². The highest BCUT2D eigenvalue weighted by molar-refractivity contribution is 6.04. The third-order valence-electron chi connectivity index (χ3n) is 4.08. The summed E-state index contributed by atoms with van der Waals surface area (Å²) in [5, 5.41) is 0.978. The number of furan rings is 1. The van der Waals surface area contributed by atoms with E-state index in [1.165, 1.54) is 12.8 Å². The van der Waals surface area contributed by atoms with E-state index in [-0.39, 0.29) is 0 Å². The van der Waals surface area contributed by atoms with Crippen molar-refractivity contribution < 1.29 is 4.42 Å². The van der Waals surface area contributed by atoms with Gasteiger partial charge in [0.05, 0.1) is 5.39 Å². The lowest BCUT2D eigenvalue weighted by Gasteiger charge is -2.15. The second-order valence-corrected chi connectivity index (χ2v) is 5.41. The highest BCUT2D eigenvalue weighted by Crippen LogP contribution is 2.33. The topological polar surface area (TPSA) is 55.1 Å². The van der Waals surface area contributed by atoms with Crippen LogP contribution < -0.4 is 4.90 Å². The van der Waals surface area contributed by atoms with Gasteiger partial charge in [0.1, 0.15) is 11.8 Å². The van der Waals surface area contributed by atoms with Gasteiger partial charge in [0.25, 0.3) is 0 Å². The molecule has 0 amide bonds. The summed E-state index contributed by atoms with van der Waals surface area (Å²) in [7, 11) is 0. The first kappa shape index (κ1) is 11.6. The molecular formula is C15H16N4O. The van der Waals surface area contributed by atoms with Crippen molar-refractivity contribution in [2.75, 3.05) is 18.0 Å². The summed E-state index contributed by atoms with van der Waals surface area (Å²) in [5.74, 6) is 0.904. The molecule has 102 valence electrons. The second-order valence-electron chi connectivity index (χ2n) is 5.41. The average molecular weight is 268 g/mol. The van der Waals surface area contributed by atoms with Gasteiger partial charge in [-0.2, -0.15) is 0 Å². The van der Waals surface area contributed by atoms with Crippen LogP contribution in [0.25, 0.3) is 22.2 Å². The van der Waals surface area contributed by atoms with Gasteiger partial charge in [-0.25, -0.2) is 15.0 Å². The summed E-state index contributed by atoms with van der Waals surface area (Å²) in [5.41, 5.74) is 4.44. The van der Waals surface area contributed by atoms with E-state index >= 15 is 0 Å². The Balaban J connectivity index is 2.03.